The number of carbonyl (C=O) groups excluding carboxylic acids is 1. The van der Waals surface area contributed by atoms with E-state index in [0.717, 1.165) is 11.3 Å². The second-order valence-corrected chi connectivity index (χ2v) is 6.62. The number of hydrogen-bond donors (Lipinski definition) is 1. The Kier molecular flexibility index (Phi) is 5.82. The number of aromatic nitrogens is 4. The van der Waals surface area contributed by atoms with E-state index < -0.39 is 5.91 Å². The maximum absolute atomic E-state index is 12.9. The maximum Gasteiger partial charge on any atom is 0.295 e. The van der Waals surface area contributed by atoms with E-state index in [2.05, 4.69) is 25.5 Å². The number of carbonyl (C=O) groups is 1. The van der Waals surface area contributed by atoms with Gasteiger partial charge in [-0.05, 0) is 42.9 Å². The summed E-state index contributed by atoms with van der Waals surface area (Å²) in [6.45, 7) is 4.10. The minimum absolute atomic E-state index is 0.310. The molecule has 0 saturated heterocycles. The van der Waals surface area contributed by atoms with E-state index in [1.807, 2.05) is 13.8 Å². The van der Waals surface area contributed by atoms with Crippen LogP contribution in [0.2, 0.25) is 5.15 Å². The number of aryl methyl sites for hydroxylation is 1. The van der Waals surface area contributed by atoms with Gasteiger partial charge >= 0.3 is 0 Å². The molecule has 0 aromatic carbocycles. The highest BCUT2D eigenvalue weighted by molar-refractivity contribution is 7.17. The van der Waals surface area contributed by atoms with E-state index in [1.54, 1.807) is 18.3 Å². The Balaban J connectivity index is 2.08. The lowest BCUT2D eigenvalue weighted by Gasteiger charge is -2.16. The molecule has 0 aliphatic heterocycles. The van der Waals surface area contributed by atoms with Crippen LogP contribution in [-0.2, 0) is 0 Å². The van der Waals surface area contributed by atoms with Gasteiger partial charge in [-0.1, -0.05) is 16.7 Å². The van der Waals surface area contributed by atoms with E-state index in [-0.39, 0.29) is 0 Å². The number of anilines is 1. The zero-order valence-corrected chi connectivity index (χ0v) is 16.4. The summed E-state index contributed by atoms with van der Waals surface area (Å²) >= 11 is 7.16. The van der Waals surface area contributed by atoms with Crippen molar-refractivity contribution in [3.8, 4) is 22.1 Å². The van der Waals surface area contributed by atoms with Crippen LogP contribution in [0.5, 0.6) is 10.9 Å². The first-order chi connectivity index (χ1) is 13.0. The molecule has 0 atom stereocenters. The molecule has 8 nitrogen and oxygen atoms in total. The fourth-order valence-corrected chi connectivity index (χ4v) is 3.16. The molecule has 0 unspecified atom stereocenters. The zero-order valence-electron chi connectivity index (χ0n) is 14.8. The molecule has 3 aromatic rings. The van der Waals surface area contributed by atoms with Gasteiger partial charge in [-0.25, -0.2) is 4.98 Å². The molecule has 0 bridgehead atoms. The number of rotatable bonds is 6. The van der Waals surface area contributed by atoms with Crippen molar-refractivity contribution in [2.45, 2.75) is 13.8 Å². The van der Waals surface area contributed by atoms with E-state index in [9.17, 15) is 4.79 Å². The van der Waals surface area contributed by atoms with E-state index >= 15 is 0 Å². The van der Waals surface area contributed by atoms with Gasteiger partial charge in [0.25, 0.3) is 11.1 Å². The molecule has 0 aliphatic carbocycles. The summed E-state index contributed by atoms with van der Waals surface area (Å²) in [5, 5.41) is 11.4. The lowest BCUT2D eigenvalue weighted by atomic mass is 9.99. The number of amides is 1. The second-order valence-electron chi connectivity index (χ2n) is 5.29. The van der Waals surface area contributed by atoms with Crippen molar-refractivity contribution in [1.29, 1.82) is 0 Å². The minimum atomic E-state index is -0.398. The quantitative estimate of drug-likeness (QED) is 0.625. The van der Waals surface area contributed by atoms with E-state index in [0.29, 0.717) is 50.2 Å². The van der Waals surface area contributed by atoms with E-state index in [4.69, 9.17) is 21.1 Å². The topological polar surface area (TPSA) is 99.1 Å². The van der Waals surface area contributed by atoms with Gasteiger partial charge in [-0.3, -0.25) is 15.1 Å². The first kappa shape index (κ1) is 19.0. The van der Waals surface area contributed by atoms with Crippen LogP contribution in [0.3, 0.4) is 0 Å². The molecule has 0 spiro atoms. The van der Waals surface area contributed by atoms with Crippen molar-refractivity contribution in [2.75, 3.05) is 19.0 Å². The number of pyridine rings is 2. The van der Waals surface area contributed by atoms with Gasteiger partial charge < -0.3 is 9.47 Å². The Morgan fingerprint density at radius 2 is 2.15 bits per heavy atom. The number of hydrogen-bond acceptors (Lipinski definition) is 8. The molecule has 140 valence electrons. The molecule has 1 N–H and O–H groups in total. The Morgan fingerprint density at radius 1 is 1.33 bits per heavy atom. The Hall–Kier alpha value is -2.78. The lowest BCUT2D eigenvalue weighted by Crippen LogP contribution is -2.15. The van der Waals surface area contributed by atoms with Gasteiger partial charge in [0.2, 0.25) is 5.13 Å². The van der Waals surface area contributed by atoms with Crippen molar-refractivity contribution >= 4 is 34.0 Å². The molecule has 3 heterocycles. The van der Waals surface area contributed by atoms with Crippen LogP contribution < -0.4 is 14.8 Å². The first-order valence-corrected chi connectivity index (χ1v) is 9.16. The van der Waals surface area contributed by atoms with Crippen LogP contribution in [0.25, 0.3) is 11.1 Å². The van der Waals surface area contributed by atoms with E-state index in [1.165, 1.54) is 13.3 Å². The highest BCUT2D eigenvalue weighted by Gasteiger charge is 2.22. The average Bonchev–Trinajstić information content (AvgIpc) is 3.10. The molecule has 1 amide bonds. The standard InChI is InChI=1S/C17H16ClN5O3S/c1-4-26-14-9(2)20-8-11(13(14)10-5-6-19-12(18)7-10)15(24)21-16-22-23-17(25-3)27-16/h5-8H,4H2,1-3H3,(H,21,22,24). The summed E-state index contributed by atoms with van der Waals surface area (Å²) in [7, 11) is 1.48. The van der Waals surface area contributed by atoms with Gasteiger partial charge in [-0.2, -0.15) is 0 Å². The van der Waals surface area contributed by atoms with Gasteiger partial charge in [0.05, 0.1) is 25.0 Å². The largest absolute Gasteiger partial charge is 0.491 e. The average molecular weight is 406 g/mol. The molecular weight excluding hydrogens is 390 g/mol. The van der Waals surface area contributed by atoms with Crippen molar-refractivity contribution < 1.29 is 14.3 Å². The Labute approximate surface area is 164 Å². The molecule has 10 heteroatoms. The summed E-state index contributed by atoms with van der Waals surface area (Å²) in [5.74, 6) is 0.118. The number of nitrogens with one attached hydrogen (secondary N) is 1. The van der Waals surface area contributed by atoms with Gasteiger partial charge in [0.15, 0.2) is 0 Å². The molecule has 0 saturated carbocycles. The van der Waals surface area contributed by atoms with Crippen LogP contribution >= 0.6 is 22.9 Å². The van der Waals surface area contributed by atoms with Crippen LogP contribution in [0, 0.1) is 6.92 Å². The normalized spacial score (nSPS) is 10.5. The predicted molar refractivity (Wildman–Crippen MR) is 103 cm³/mol. The predicted octanol–water partition coefficient (Wildman–Crippen LogP) is 3.62. The van der Waals surface area contributed by atoms with Crippen molar-refractivity contribution in [1.82, 2.24) is 20.2 Å². The number of ether oxygens (including phenoxy) is 2. The third-order valence-corrected chi connectivity index (χ3v) is 4.57. The number of methoxy groups -OCH3 is 1. The summed E-state index contributed by atoms with van der Waals surface area (Å²) in [4.78, 5) is 21.2. The fraction of sp³-hybridized carbons (Fsp3) is 0.235. The van der Waals surface area contributed by atoms with Gasteiger partial charge in [0, 0.05) is 18.0 Å². The molecule has 3 aromatic heterocycles. The summed E-state index contributed by atoms with van der Waals surface area (Å²) in [5.41, 5.74) is 2.26. The van der Waals surface area contributed by atoms with Crippen molar-refractivity contribution in [3.05, 3.63) is 40.9 Å². The van der Waals surface area contributed by atoms with Crippen LogP contribution in [0.15, 0.2) is 24.5 Å². The lowest BCUT2D eigenvalue weighted by molar-refractivity contribution is 0.102. The second kappa shape index (κ2) is 8.28. The van der Waals surface area contributed by atoms with Crippen molar-refractivity contribution in [2.24, 2.45) is 0 Å². The molecule has 0 aliphatic rings. The Bertz CT molecular complexity index is 979. The van der Waals surface area contributed by atoms with Crippen LogP contribution in [0.4, 0.5) is 5.13 Å². The highest BCUT2D eigenvalue weighted by atomic mass is 35.5. The smallest absolute Gasteiger partial charge is 0.295 e. The zero-order chi connectivity index (χ0) is 19.4. The van der Waals surface area contributed by atoms with Gasteiger partial charge in [-0.15, -0.1) is 5.10 Å². The molecule has 0 radical (unpaired) electrons. The van der Waals surface area contributed by atoms with Crippen LogP contribution in [0.1, 0.15) is 23.0 Å². The molecular formula is C17H16ClN5O3S. The van der Waals surface area contributed by atoms with Gasteiger partial charge in [0.1, 0.15) is 10.9 Å². The molecule has 0 fully saturated rings. The van der Waals surface area contributed by atoms with Crippen molar-refractivity contribution in [3.63, 3.8) is 0 Å². The molecule has 3 rings (SSSR count). The third-order valence-electron chi connectivity index (χ3n) is 3.56. The van der Waals surface area contributed by atoms with Crippen LogP contribution in [-0.4, -0.2) is 39.8 Å². The number of halogens is 1. The first-order valence-electron chi connectivity index (χ1n) is 7.96. The minimum Gasteiger partial charge on any atom is -0.491 e. The maximum atomic E-state index is 12.9. The summed E-state index contributed by atoms with van der Waals surface area (Å²) in [6, 6.07) is 3.43. The number of nitrogens with zero attached hydrogens (tertiary/aromatic N) is 4. The fourth-order valence-electron chi connectivity index (χ4n) is 2.43. The summed E-state index contributed by atoms with van der Waals surface area (Å²) < 4.78 is 10.8. The SMILES string of the molecule is CCOc1c(C)ncc(C(=O)Nc2nnc(OC)s2)c1-c1ccnc(Cl)c1. The summed E-state index contributed by atoms with van der Waals surface area (Å²) in [6.07, 6.45) is 3.07. The highest BCUT2D eigenvalue weighted by Crippen LogP contribution is 2.36. The Morgan fingerprint density at radius 3 is 2.81 bits per heavy atom. The molecule has 27 heavy (non-hydrogen) atoms. The monoisotopic (exact) mass is 405 g/mol. The third kappa shape index (κ3) is 4.15.